The summed E-state index contributed by atoms with van der Waals surface area (Å²) in [6.07, 6.45) is 0. The van der Waals surface area contributed by atoms with Crippen molar-refractivity contribution in [3.05, 3.63) is 57.5 Å². The third kappa shape index (κ3) is 3.08. The molecule has 0 aliphatic carbocycles. The van der Waals surface area contributed by atoms with E-state index in [1.807, 2.05) is 36.4 Å². The van der Waals surface area contributed by atoms with Gasteiger partial charge in [0.1, 0.15) is 0 Å². The van der Waals surface area contributed by atoms with Crippen molar-refractivity contribution >= 4 is 54.2 Å². The van der Waals surface area contributed by atoms with Crippen LogP contribution in [0.15, 0.2) is 46.9 Å². The maximum absolute atomic E-state index is 5.86. The fourth-order valence-electron chi connectivity index (χ4n) is 1.76. The quantitative estimate of drug-likeness (QED) is 0.689. The molecule has 0 aliphatic heterocycles. The average Bonchev–Trinajstić information content (AvgIpc) is 2.80. The molecule has 0 aliphatic rings. The summed E-state index contributed by atoms with van der Waals surface area (Å²) in [6, 6.07) is 14.0. The van der Waals surface area contributed by atoms with E-state index < -0.39 is 0 Å². The molecule has 0 atom stereocenters. The predicted octanol–water partition coefficient (Wildman–Crippen LogP) is 5.32. The van der Waals surface area contributed by atoms with Gasteiger partial charge in [0.2, 0.25) is 0 Å². The molecule has 0 spiro atoms. The highest BCUT2D eigenvalue weighted by Gasteiger charge is 2.03. The molecule has 1 heterocycles. The number of nitrogens with one attached hydrogen (secondary N) is 1. The topological polar surface area (TPSA) is 24.9 Å². The summed E-state index contributed by atoms with van der Waals surface area (Å²) in [4.78, 5) is 4.56. The van der Waals surface area contributed by atoms with Gasteiger partial charge in [-0.1, -0.05) is 51.0 Å². The second-order valence-electron chi connectivity index (χ2n) is 4.11. The van der Waals surface area contributed by atoms with Gasteiger partial charge < -0.3 is 5.32 Å². The van der Waals surface area contributed by atoms with E-state index in [0.717, 1.165) is 26.7 Å². The van der Waals surface area contributed by atoms with Crippen LogP contribution in [0.3, 0.4) is 0 Å². The van der Waals surface area contributed by atoms with Crippen molar-refractivity contribution in [2.24, 2.45) is 0 Å². The number of hydrogen-bond donors (Lipinski definition) is 1. The Balaban J connectivity index is 1.76. The Bertz CT molecular complexity index is 709. The molecule has 0 amide bonds. The maximum atomic E-state index is 5.86. The molecule has 3 rings (SSSR count). The van der Waals surface area contributed by atoms with Gasteiger partial charge in [-0.05, 0) is 35.9 Å². The molecule has 3 aromatic rings. The van der Waals surface area contributed by atoms with Crippen molar-refractivity contribution in [2.45, 2.75) is 6.54 Å². The van der Waals surface area contributed by atoms with E-state index in [9.17, 15) is 0 Å². The summed E-state index contributed by atoms with van der Waals surface area (Å²) in [6.45, 7) is 0.748. The van der Waals surface area contributed by atoms with Crippen LogP contribution >= 0.6 is 38.9 Å². The molecule has 0 saturated carbocycles. The number of fused-ring (bicyclic) bond motifs is 1. The molecule has 5 heteroatoms. The van der Waals surface area contributed by atoms with Gasteiger partial charge in [-0.2, -0.15) is 0 Å². The number of aromatic nitrogens is 1. The van der Waals surface area contributed by atoms with E-state index in [4.69, 9.17) is 11.6 Å². The second kappa shape index (κ2) is 5.49. The van der Waals surface area contributed by atoms with E-state index in [-0.39, 0.29) is 0 Å². The number of benzene rings is 2. The second-order valence-corrected chi connectivity index (χ2v) is 6.49. The number of rotatable bonds is 3. The van der Waals surface area contributed by atoms with Gasteiger partial charge >= 0.3 is 0 Å². The summed E-state index contributed by atoms with van der Waals surface area (Å²) in [7, 11) is 0. The van der Waals surface area contributed by atoms with Gasteiger partial charge in [0.05, 0.1) is 10.2 Å². The molecular weight excluding hydrogens is 344 g/mol. The van der Waals surface area contributed by atoms with Crippen LogP contribution < -0.4 is 5.32 Å². The highest BCUT2D eigenvalue weighted by atomic mass is 79.9. The highest BCUT2D eigenvalue weighted by molar-refractivity contribution is 9.10. The van der Waals surface area contributed by atoms with Crippen LogP contribution in [-0.2, 0) is 6.54 Å². The number of nitrogens with zero attached hydrogens (tertiary/aromatic N) is 1. The summed E-state index contributed by atoms with van der Waals surface area (Å²) in [5, 5.41) is 5.03. The van der Waals surface area contributed by atoms with Crippen LogP contribution in [0, 0.1) is 0 Å². The minimum Gasteiger partial charge on any atom is -0.357 e. The SMILES string of the molecule is Clc1ccc(CNc2nc3cc(Br)ccc3s2)cc1. The van der Waals surface area contributed by atoms with E-state index in [1.165, 1.54) is 10.3 Å². The first-order valence-electron chi connectivity index (χ1n) is 5.75. The number of anilines is 1. The monoisotopic (exact) mass is 352 g/mol. The molecule has 19 heavy (non-hydrogen) atoms. The highest BCUT2D eigenvalue weighted by Crippen LogP contribution is 2.28. The van der Waals surface area contributed by atoms with Gasteiger partial charge in [0.15, 0.2) is 5.13 Å². The zero-order valence-electron chi connectivity index (χ0n) is 9.86. The third-order valence-electron chi connectivity index (χ3n) is 2.71. The van der Waals surface area contributed by atoms with Gasteiger partial charge in [0, 0.05) is 16.0 Å². The maximum Gasteiger partial charge on any atom is 0.184 e. The number of thiazole rings is 1. The Kier molecular flexibility index (Phi) is 3.73. The third-order valence-corrected chi connectivity index (χ3v) is 4.45. The molecular formula is C14H10BrClN2S. The van der Waals surface area contributed by atoms with Crippen molar-refractivity contribution in [3.8, 4) is 0 Å². The minimum absolute atomic E-state index is 0.748. The molecule has 0 bridgehead atoms. The molecule has 2 aromatic carbocycles. The summed E-state index contributed by atoms with van der Waals surface area (Å²) < 4.78 is 2.23. The molecule has 2 nitrogen and oxygen atoms in total. The average molecular weight is 354 g/mol. The minimum atomic E-state index is 0.748. The Morgan fingerprint density at radius 3 is 2.74 bits per heavy atom. The lowest BCUT2D eigenvalue weighted by molar-refractivity contribution is 1.14. The molecule has 96 valence electrons. The zero-order chi connectivity index (χ0) is 13.2. The molecule has 0 radical (unpaired) electrons. The first-order chi connectivity index (χ1) is 9.20. The lowest BCUT2D eigenvalue weighted by Gasteiger charge is -2.02. The van der Waals surface area contributed by atoms with Crippen molar-refractivity contribution in [1.29, 1.82) is 0 Å². The van der Waals surface area contributed by atoms with Crippen molar-refractivity contribution in [2.75, 3.05) is 5.32 Å². The number of halogens is 2. The van der Waals surface area contributed by atoms with Crippen LogP contribution in [0.1, 0.15) is 5.56 Å². The van der Waals surface area contributed by atoms with Crippen LogP contribution in [0.4, 0.5) is 5.13 Å². The normalized spacial score (nSPS) is 10.8. The zero-order valence-corrected chi connectivity index (χ0v) is 13.0. The van der Waals surface area contributed by atoms with Gasteiger partial charge in [-0.25, -0.2) is 4.98 Å². The van der Waals surface area contributed by atoms with E-state index >= 15 is 0 Å². The summed E-state index contributed by atoms with van der Waals surface area (Å²) in [5.74, 6) is 0. The van der Waals surface area contributed by atoms with Crippen LogP contribution in [0.2, 0.25) is 5.02 Å². The predicted molar refractivity (Wildman–Crippen MR) is 86.1 cm³/mol. The molecule has 1 aromatic heterocycles. The van der Waals surface area contributed by atoms with Crippen LogP contribution in [0.25, 0.3) is 10.2 Å². The first kappa shape index (κ1) is 12.9. The Morgan fingerprint density at radius 1 is 1.16 bits per heavy atom. The molecule has 1 N–H and O–H groups in total. The number of hydrogen-bond acceptors (Lipinski definition) is 3. The fourth-order valence-corrected chi connectivity index (χ4v) is 3.07. The first-order valence-corrected chi connectivity index (χ1v) is 7.74. The fraction of sp³-hybridized carbons (Fsp3) is 0.0714. The smallest absolute Gasteiger partial charge is 0.184 e. The largest absolute Gasteiger partial charge is 0.357 e. The van der Waals surface area contributed by atoms with Gasteiger partial charge in [-0.3, -0.25) is 0 Å². The van der Waals surface area contributed by atoms with Gasteiger partial charge in [-0.15, -0.1) is 0 Å². The lowest BCUT2D eigenvalue weighted by Crippen LogP contribution is -1.98. The Morgan fingerprint density at radius 2 is 1.95 bits per heavy atom. The Labute approximate surface area is 128 Å². The molecule has 0 fully saturated rings. The van der Waals surface area contributed by atoms with E-state index in [0.29, 0.717) is 0 Å². The summed E-state index contributed by atoms with van der Waals surface area (Å²) in [5.41, 5.74) is 2.20. The summed E-state index contributed by atoms with van der Waals surface area (Å²) >= 11 is 11.0. The lowest BCUT2D eigenvalue weighted by atomic mass is 10.2. The molecule has 0 unspecified atom stereocenters. The van der Waals surface area contributed by atoms with E-state index in [2.05, 4.69) is 32.3 Å². The van der Waals surface area contributed by atoms with Crippen LogP contribution in [-0.4, -0.2) is 4.98 Å². The van der Waals surface area contributed by atoms with Gasteiger partial charge in [0.25, 0.3) is 0 Å². The molecule has 0 saturated heterocycles. The van der Waals surface area contributed by atoms with Crippen LogP contribution in [0.5, 0.6) is 0 Å². The van der Waals surface area contributed by atoms with E-state index in [1.54, 1.807) is 11.3 Å². The van der Waals surface area contributed by atoms with Crippen molar-refractivity contribution < 1.29 is 0 Å². The van der Waals surface area contributed by atoms with Crippen molar-refractivity contribution in [1.82, 2.24) is 4.98 Å². The Hall–Kier alpha value is -1.10. The standard InChI is InChI=1S/C14H10BrClN2S/c15-10-3-6-13-12(7-10)18-14(19-13)17-8-9-1-4-11(16)5-2-9/h1-7H,8H2,(H,17,18). The van der Waals surface area contributed by atoms with Crippen molar-refractivity contribution in [3.63, 3.8) is 0 Å².